The first-order valence-corrected chi connectivity index (χ1v) is 6.91. The van der Waals surface area contributed by atoms with Gasteiger partial charge in [0.1, 0.15) is 5.82 Å². The Balaban J connectivity index is 1.78. The summed E-state index contributed by atoms with van der Waals surface area (Å²) >= 11 is 0. The lowest BCUT2D eigenvalue weighted by atomic mass is 9.66. The zero-order valence-corrected chi connectivity index (χ0v) is 11.6. The fraction of sp³-hybridized carbons (Fsp3) is 0.533. The number of hydrogen-bond acceptors (Lipinski definition) is 2. The Kier molecular flexibility index (Phi) is 3.24. The second-order valence-corrected chi connectivity index (χ2v) is 6.09. The van der Waals surface area contributed by atoms with Crippen LogP contribution in [-0.4, -0.2) is 23.5 Å². The van der Waals surface area contributed by atoms with Crippen LogP contribution in [0.4, 0.5) is 13.2 Å². The summed E-state index contributed by atoms with van der Waals surface area (Å²) in [4.78, 5) is 17.8. The topological polar surface area (TPSA) is 29.5 Å². The summed E-state index contributed by atoms with van der Waals surface area (Å²) in [7, 11) is 0. The summed E-state index contributed by atoms with van der Waals surface area (Å²) in [5.41, 5.74) is -0.330. The van der Waals surface area contributed by atoms with Crippen molar-refractivity contribution in [3.63, 3.8) is 0 Å². The maximum atomic E-state index is 13.1. The lowest BCUT2D eigenvalue weighted by Crippen LogP contribution is -2.54. The molecule has 0 spiro atoms. The predicted octanol–water partition coefficient (Wildman–Crippen LogP) is 3.47. The van der Waals surface area contributed by atoms with Crippen molar-refractivity contribution in [2.75, 3.05) is 6.61 Å². The number of rotatable bonds is 2. The second-order valence-electron chi connectivity index (χ2n) is 6.09. The van der Waals surface area contributed by atoms with Crippen LogP contribution in [0.25, 0.3) is 0 Å². The molecule has 6 heteroatoms. The summed E-state index contributed by atoms with van der Waals surface area (Å²) in [6.07, 6.45) is -0.326. The van der Waals surface area contributed by atoms with E-state index in [2.05, 4.69) is 0 Å². The van der Waals surface area contributed by atoms with Gasteiger partial charge in [0, 0.05) is 19.3 Å². The number of halogens is 3. The molecule has 114 valence electrons. The van der Waals surface area contributed by atoms with Crippen LogP contribution in [0.3, 0.4) is 0 Å². The molecule has 1 aliphatic heterocycles. The van der Waals surface area contributed by atoms with Gasteiger partial charge in [-0.25, -0.2) is 18.2 Å². The fourth-order valence-electron chi connectivity index (χ4n) is 3.16. The van der Waals surface area contributed by atoms with Gasteiger partial charge in [0.05, 0.1) is 18.1 Å². The fourth-order valence-corrected chi connectivity index (χ4v) is 3.16. The molecule has 1 atom stereocenters. The second kappa shape index (κ2) is 4.73. The molecule has 1 aliphatic carbocycles. The first kappa shape index (κ1) is 14.4. The molecular formula is C15H16F3NO2. The highest BCUT2D eigenvalue weighted by Crippen LogP contribution is 2.53. The van der Waals surface area contributed by atoms with E-state index in [0.717, 1.165) is 5.56 Å². The number of amides is 1. The average molecular weight is 299 g/mol. The lowest BCUT2D eigenvalue weighted by Gasteiger charge is -2.45. The van der Waals surface area contributed by atoms with E-state index in [0.29, 0.717) is 13.0 Å². The van der Waals surface area contributed by atoms with E-state index in [1.807, 2.05) is 0 Å². The van der Waals surface area contributed by atoms with Crippen molar-refractivity contribution in [2.45, 2.75) is 38.2 Å². The van der Waals surface area contributed by atoms with Crippen molar-refractivity contribution in [1.82, 2.24) is 5.06 Å². The number of alkyl halides is 2. The van der Waals surface area contributed by atoms with Crippen LogP contribution in [0.2, 0.25) is 0 Å². The molecule has 1 saturated carbocycles. The van der Waals surface area contributed by atoms with E-state index in [4.69, 9.17) is 4.84 Å². The molecule has 3 nitrogen and oxygen atoms in total. The molecule has 0 unspecified atom stereocenters. The van der Waals surface area contributed by atoms with Crippen LogP contribution in [0.5, 0.6) is 0 Å². The van der Waals surface area contributed by atoms with Crippen molar-refractivity contribution in [3.8, 4) is 0 Å². The number of hydrogen-bond donors (Lipinski definition) is 0. The van der Waals surface area contributed by atoms with Gasteiger partial charge in [-0.05, 0) is 17.7 Å². The molecule has 0 N–H and O–H groups in total. The van der Waals surface area contributed by atoms with Crippen molar-refractivity contribution in [3.05, 3.63) is 35.6 Å². The number of carbonyl (C=O) groups excluding carboxylic acids is 1. The number of hydroxylamine groups is 2. The highest BCUT2D eigenvalue weighted by molar-refractivity contribution is 5.83. The van der Waals surface area contributed by atoms with Crippen molar-refractivity contribution in [1.29, 1.82) is 0 Å². The third-order valence-electron chi connectivity index (χ3n) is 4.17. The van der Waals surface area contributed by atoms with Gasteiger partial charge >= 0.3 is 0 Å². The Morgan fingerprint density at radius 1 is 1.29 bits per heavy atom. The van der Waals surface area contributed by atoms with Crippen LogP contribution < -0.4 is 0 Å². The molecule has 1 amide bonds. The zero-order chi connectivity index (χ0) is 15.3. The van der Waals surface area contributed by atoms with Crippen molar-refractivity contribution < 1.29 is 22.8 Å². The lowest BCUT2D eigenvalue weighted by molar-refractivity contribution is -0.216. The Labute approximate surface area is 120 Å². The van der Waals surface area contributed by atoms with Gasteiger partial charge in [-0.1, -0.05) is 19.1 Å². The number of benzene rings is 1. The molecular weight excluding hydrogens is 283 g/mol. The van der Waals surface area contributed by atoms with E-state index in [9.17, 15) is 18.0 Å². The Morgan fingerprint density at radius 3 is 2.48 bits per heavy atom. The van der Waals surface area contributed by atoms with E-state index in [1.54, 1.807) is 12.1 Å². The quantitative estimate of drug-likeness (QED) is 0.837. The van der Waals surface area contributed by atoms with Crippen LogP contribution >= 0.6 is 0 Å². The third-order valence-corrected chi connectivity index (χ3v) is 4.17. The molecule has 0 aromatic heterocycles. The third kappa shape index (κ3) is 2.52. The summed E-state index contributed by atoms with van der Waals surface area (Å²) in [5.74, 6) is -3.54. The summed E-state index contributed by atoms with van der Waals surface area (Å²) < 4.78 is 39.2. The minimum absolute atomic E-state index is 0.343. The smallest absolute Gasteiger partial charge is 0.253 e. The molecule has 0 radical (unpaired) electrons. The Hall–Kier alpha value is -1.56. The number of carbonyl (C=O) groups is 1. The maximum Gasteiger partial charge on any atom is 0.253 e. The number of nitrogens with zero attached hydrogens (tertiary/aromatic N) is 1. The molecule has 21 heavy (non-hydrogen) atoms. The van der Waals surface area contributed by atoms with E-state index < -0.39 is 30.1 Å². The van der Waals surface area contributed by atoms with Gasteiger partial charge in [-0.2, -0.15) is 0 Å². The van der Waals surface area contributed by atoms with Crippen LogP contribution in [0.1, 0.15) is 37.8 Å². The first-order chi connectivity index (χ1) is 9.81. The molecule has 3 rings (SSSR count). The van der Waals surface area contributed by atoms with E-state index >= 15 is 0 Å². The Morgan fingerprint density at radius 2 is 1.90 bits per heavy atom. The van der Waals surface area contributed by atoms with Gasteiger partial charge in [0.15, 0.2) is 0 Å². The van der Waals surface area contributed by atoms with Gasteiger partial charge in [-0.3, -0.25) is 9.63 Å². The molecule has 1 heterocycles. The van der Waals surface area contributed by atoms with Crippen molar-refractivity contribution in [2.24, 2.45) is 5.41 Å². The predicted molar refractivity (Wildman–Crippen MR) is 68.8 cm³/mol. The normalized spacial score (nSPS) is 26.5. The van der Waals surface area contributed by atoms with Gasteiger partial charge in [-0.15, -0.1) is 0 Å². The standard InChI is InChI=1S/C15H16F3NO2/c1-14(8-15(17,18)9-14)13(20)19-12(6-7-21-19)10-2-4-11(16)5-3-10/h2-5,12H,6-9H2,1H3/t12-/m0/s1. The summed E-state index contributed by atoms with van der Waals surface area (Å²) in [6, 6.07) is 5.47. The molecule has 1 saturated heterocycles. The van der Waals surface area contributed by atoms with Gasteiger partial charge in [0.2, 0.25) is 5.92 Å². The molecule has 2 aliphatic rings. The first-order valence-electron chi connectivity index (χ1n) is 6.91. The SMILES string of the molecule is CC1(C(=O)N2OCC[C@H]2c2ccc(F)cc2)CC(F)(F)C1. The van der Waals surface area contributed by atoms with Crippen LogP contribution in [-0.2, 0) is 9.63 Å². The van der Waals surface area contributed by atoms with Crippen LogP contribution in [0, 0.1) is 11.2 Å². The largest absolute Gasteiger partial charge is 0.272 e. The van der Waals surface area contributed by atoms with Crippen LogP contribution in [0.15, 0.2) is 24.3 Å². The maximum absolute atomic E-state index is 13.1. The highest BCUT2D eigenvalue weighted by Gasteiger charge is 2.60. The molecule has 1 aromatic rings. The zero-order valence-electron chi connectivity index (χ0n) is 11.6. The van der Waals surface area contributed by atoms with Crippen molar-refractivity contribution >= 4 is 5.91 Å². The minimum atomic E-state index is -2.77. The highest BCUT2D eigenvalue weighted by atomic mass is 19.3. The molecule has 2 fully saturated rings. The van der Waals surface area contributed by atoms with E-state index in [-0.39, 0.29) is 11.9 Å². The minimum Gasteiger partial charge on any atom is -0.272 e. The van der Waals surface area contributed by atoms with Gasteiger partial charge in [0.25, 0.3) is 5.91 Å². The summed E-state index contributed by atoms with van der Waals surface area (Å²) in [5, 5.41) is 1.20. The monoisotopic (exact) mass is 299 g/mol. The summed E-state index contributed by atoms with van der Waals surface area (Å²) in [6.45, 7) is 1.89. The Bertz CT molecular complexity index is 551. The van der Waals surface area contributed by atoms with Gasteiger partial charge < -0.3 is 0 Å². The molecule has 1 aromatic carbocycles. The molecule has 0 bridgehead atoms. The van der Waals surface area contributed by atoms with E-state index in [1.165, 1.54) is 24.1 Å². The average Bonchev–Trinajstić information content (AvgIpc) is 2.85.